The highest BCUT2D eigenvalue weighted by molar-refractivity contribution is 7.86. The maximum absolute atomic E-state index is 13.8. The Morgan fingerprint density at radius 2 is 1.33 bits per heavy atom. The molecule has 0 atom stereocenters. The zero-order valence-electron chi connectivity index (χ0n) is 17.8. The van der Waals surface area contributed by atoms with Crippen molar-refractivity contribution < 1.29 is 40.4 Å². The van der Waals surface area contributed by atoms with Gasteiger partial charge in [0.2, 0.25) is 4.33 Å². The summed E-state index contributed by atoms with van der Waals surface area (Å²) in [6, 6.07) is -5.70. The minimum Gasteiger partial charge on any atom is -0.472 e. The Morgan fingerprint density at radius 1 is 0.900 bits per heavy atom. The highest BCUT2D eigenvalue weighted by Gasteiger charge is 2.76. The van der Waals surface area contributed by atoms with Crippen molar-refractivity contribution in [2.75, 3.05) is 0 Å². The first-order chi connectivity index (χ1) is 14.0. The predicted molar refractivity (Wildman–Crippen MR) is 106 cm³/mol. The smallest absolute Gasteiger partial charge is 0.472 e. The standard InChI is InChI=1S/C20H35F4NO4S/c1-2-3-4-5-6-7-8-9-10-11-12-17-13-15-18(16-14-17)30(28,29)25(23,24)20(21,22)19(26)27/h17-18H,2-16H2,1H3/p+1. The van der Waals surface area contributed by atoms with E-state index in [0.717, 1.165) is 25.7 Å². The molecule has 1 fully saturated rings. The molecule has 1 rings (SSSR count). The van der Waals surface area contributed by atoms with Crippen LogP contribution in [0.2, 0.25) is 0 Å². The second kappa shape index (κ2) is 12.2. The molecule has 178 valence electrons. The van der Waals surface area contributed by atoms with Crippen molar-refractivity contribution in [2.45, 2.75) is 115 Å². The van der Waals surface area contributed by atoms with Crippen molar-refractivity contribution in [3.8, 4) is 0 Å². The topological polar surface area (TPSA) is 71.4 Å². The molecule has 10 heteroatoms. The molecule has 0 bridgehead atoms. The summed E-state index contributed by atoms with van der Waals surface area (Å²) in [5.41, 5.74) is 0. The van der Waals surface area contributed by atoms with Crippen LogP contribution in [0.5, 0.6) is 0 Å². The summed E-state index contributed by atoms with van der Waals surface area (Å²) in [5.74, 6) is -2.96. The van der Waals surface area contributed by atoms with E-state index < -0.39 is 31.6 Å². The molecule has 0 aromatic rings. The van der Waals surface area contributed by atoms with E-state index in [1.54, 1.807) is 0 Å². The van der Waals surface area contributed by atoms with Gasteiger partial charge in [-0.1, -0.05) is 77.6 Å². The molecule has 0 unspecified atom stereocenters. The number of hydrogen-bond donors (Lipinski definition) is 1. The Balaban J connectivity index is 2.31. The first-order valence-corrected chi connectivity index (χ1v) is 12.6. The Hall–Kier alpha value is -0.900. The van der Waals surface area contributed by atoms with Gasteiger partial charge in [-0.15, -0.1) is 8.78 Å². The van der Waals surface area contributed by atoms with Crippen molar-refractivity contribution in [1.82, 2.24) is 0 Å². The Morgan fingerprint density at radius 3 is 1.77 bits per heavy atom. The van der Waals surface area contributed by atoms with Crippen LogP contribution in [0.25, 0.3) is 0 Å². The van der Waals surface area contributed by atoms with Gasteiger partial charge >= 0.3 is 22.0 Å². The van der Waals surface area contributed by atoms with Crippen LogP contribution in [0.3, 0.4) is 0 Å². The molecule has 1 aliphatic rings. The van der Waals surface area contributed by atoms with Gasteiger partial charge in [-0.2, -0.15) is 8.42 Å². The minimum atomic E-state index is -5.70. The number of sulfonamides is 1. The monoisotopic (exact) mass is 462 g/mol. The summed E-state index contributed by atoms with van der Waals surface area (Å²) in [6.07, 6.45) is 13.4. The molecule has 0 radical (unpaired) electrons. The summed E-state index contributed by atoms with van der Waals surface area (Å²) in [6.45, 7) is 2.19. The van der Waals surface area contributed by atoms with Crippen molar-refractivity contribution in [3.05, 3.63) is 0 Å². The lowest BCUT2D eigenvalue weighted by atomic mass is 9.85. The number of carbonyl (C=O) groups is 1. The van der Waals surface area contributed by atoms with Gasteiger partial charge in [0, 0.05) is 0 Å². The second-order valence-electron chi connectivity index (χ2n) is 8.44. The molecule has 30 heavy (non-hydrogen) atoms. The van der Waals surface area contributed by atoms with Crippen molar-refractivity contribution in [1.29, 1.82) is 0 Å². The number of carboxylic acids is 1. The van der Waals surface area contributed by atoms with Gasteiger partial charge in [0.15, 0.2) is 0 Å². The predicted octanol–water partition coefficient (Wildman–Crippen LogP) is 6.45. The molecule has 1 aliphatic carbocycles. The molecular formula is C20H36F4NO4S+. The number of nitrogens with zero attached hydrogens (tertiary/aromatic N) is 1. The largest absolute Gasteiger partial charge is 0.580 e. The van der Waals surface area contributed by atoms with Crippen molar-refractivity contribution in [3.63, 3.8) is 0 Å². The minimum absolute atomic E-state index is 0.145. The first kappa shape index (κ1) is 27.1. The Kier molecular flexibility index (Phi) is 11.0. The van der Waals surface area contributed by atoms with Crippen LogP contribution < -0.4 is 0 Å². The maximum Gasteiger partial charge on any atom is 0.580 e. The van der Waals surface area contributed by atoms with E-state index in [1.165, 1.54) is 44.9 Å². The summed E-state index contributed by atoms with van der Waals surface area (Å²) in [5, 5.41) is 6.64. The SMILES string of the molecule is CCCCCCCCCCCCC1CCC(S(=O)(=O)[N+](F)(F)C(F)(F)C(=O)O)CC1. The molecule has 0 aromatic heterocycles. The molecule has 1 N–H and O–H groups in total. The van der Waals surface area contributed by atoms with Crippen LogP contribution >= 0.6 is 0 Å². The van der Waals surface area contributed by atoms with E-state index in [4.69, 9.17) is 5.11 Å². The highest BCUT2D eigenvalue weighted by atomic mass is 32.2. The molecule has 5 nitrogen and oxygen atoms in total. The third-order valence-corrected chi connectivity index (χ3v) is 8.27. The van der Waals surface area contributed by atoms with Crippen LogP contribution in [0.1, 0.15) is 103 Å². The lowest BCUT2D eigenvalue weighted by Crippen LogP contribution is -2.59. The fourth-order valence-electron chi connectivity index (χ4n) is 4.10. The summed E-state index contributed by atoms with van der Waals surface area (Å²) in [4.78, 5) is 10.4. The maximum atomic E-state index is 13.8. The second-order valence-corrected chi connectivity index (χ2v) is 10.6. The Bertz CT molecular complexity index is 620. The lowest BCUT2D eigenvalue weighted by Gasteiger charge is -2.29. The number of quaternary nitrogens is 1. The molecule has 1 saturated carbocycles. The van der Waals surface area contributed by atoms with Gasteiger partial charge in [-0.3, -0.25) is 0 Å². The number of aliphatic carboxylic acids is 1. The fourth-order valence-corrected chi connectivity index (χ4v) is 5.74. The van der Waals surface area contributed by atoms with E-state index in [9.17, 15) is 31.0 Å². The van der Waals surface area contributed by atoms with E-state index >= 15 is 0 Å². The number of hydrogen-bond acceptors (Lipinski definition) is 3. The number of unbranched alkanes of at least 4 members (excludes halogenated alkanes) is 9. The average molecular weight is 463 g/mol. The van der Waals surface area contributed by atoms with Crippen LogP contribution in [-0.2, 0) is 14.8 Å². The molecule has 0 amide bonds. The summed E-state index contributed by atoms with van der Waals surface area (Å²) < 4.78 is 73.2. The lowest BCUT2D eigenvalue weighted by molar-refractivity contribution is -1.13. The number of carboxylic acid groups (broad SMARTS) is 1. The molecule has 0 saturated heterocycles. The zero-order valence-corrected chi connectivity index (χ0v) is 18.6. The summed E-state index contributed by atoms with van der Waals surface area (Å²) >= 11 is 0. The van der Waals surface area contributed by atoms with Crippen molar-refractivity contribution in [2.24, 2.45) is 5.92 Å². The van der Waals surface area contributed by atoms with Crippen LogP contribution in [0.15, 0.2) is 0 Å². The van der Waals surface area contributed by atoms with E-state index in [-0.39, 0.29) is 18.8 Å². The van der Waals surface area contributed by atoms with E-state index in [0.29, 0.717) is 12.8 Å². The van der Waals surface area contributed by atoms with Gasteiger partial charge in [-0.25, -0.2) is 4.79 Å². The fraction of sp³-hybridized carbons (Fsp3) is 0.950. The third kappa shape index (κ3) is 7.07. The first-order valence-electron chi connectivity index (χ1n) is 11.1. The zero-order chi connectivity index (χ0) is 22.8. The quantitative estimate of drug-likeness (QED) is 0.131. The Labute approximate surface area is 177 Å². The van der Waals surface area contributed by atoms with Crippen molar-refractivity contribution >= 4 is 16.0 Å². The van der Waals surface area contributed by atoms with Crippen LogP contribution in [0.4, 0.5) is 17.7 Å². The van der Waals surface area contributed by atoms with Gasteiger partial charge < -0.3 is 5.11 Å². The number of rotatable bonds is 15. The normalized spacial score (nSPS) is 21.0. The molecule has 0 spiro atoms. The van der Waals surface area contributed by atoms with E-state index in [1.807, 2.05) is 0 Å². The van der Waals surface area contributed by atoms with Gasteiger partial charge in [0.1, 0.15) is 5.25 Å². The number of halogens is 4. The third-order valence-electron chi connectivity index (χ3n) is 6.08. The molecule has 0 aromatic carbocycles. The highest BCUT2D eigenvalue weighted by Crippen LogP contribution is 2.42. The van der Waals surface area contributed by atoms with Gasteiger partial charge in [-0.05, 0) is 31.6 Å². The number of alkyl halides is 2. The van der Waals surface area contributed by atoms with Gasteiger partial charge in [0.25, 0.3) is 0 Å². The summed E-state index contributed by atoms with van der Waals surface area (Å²) in [7, 11) is -5.66. The average Bonchev–Trinajstić information content (AvgIpc) is 2.69. The molecule has 0 aliphatic heterocycles. The molecular weight excluding hydrogens is 426 g/mol. The van der Waals surface area contributed by atoms with Crippen LogP contribution in [0, 0.1) is 5.92 Å². The van der Waals surface area contributed by atoms with E-state index in [2.05, 4.69) is 6.92 Å². The molecule has 0 heterocycles. The van der Waals surface area contributed by atoms with Crippen LogP contribution in [-0.4, -0.2) is 35.1 Å². The van der Waals surface area contributed by atoms with Gasteiger partial charge in [0.05, 0.1) is 8.96 Å².